The molecule has 3 fully saturated rings. The van der Waals surface area contributed by atoms with E-state index in [-0.39, 0.29) is 11.3 Å². The zero-order valence-corrected chi connectivity index (χ0v) is 21.5. The van der Waals surface area contributed by atoms with Crippen LogP contribution in [0.25, 0.3) is 0 Å². The molecule has 0 aromatic heterocycles. The Balaban J connectivity index is 1.20. The average Bonchev–Trinajstić information content (AvgIpc) is 3.40. The van der Waals surface area contributed by atoms with Crippen LogP contribution in [0, 0.1) is 11.3 Å². The molecule has 0 bridgehead atoms. The maximum atomic E-state index is 13.4. The van der Waals surface area contributed by atoms with Crippen LogP contribution in [-0.4, -0.2) is 65.8 Å². The second kappa shape index (κ2) is 9.82. The maximum Gasteiger partial charge on any atom is 0.229 e. The summed E-state index contributed by atoms with van der Waals surface area (Å²) in [5, 5.41) is 0. The lowest BCUT2D eigenvalue weighted by atomic mass is 9.76. The SMILES string of the molecule is CC(=O)N1CC(CN2CCC3(CC2)CCN(Cc2ccc(Br)cc2)C3=O)C(c2ccccc2)C1. The molecule has 3 saturated heterocycles. The second-order valence-electron chi connectivity index (χ2n) is 10.4. The molecule has 0 radical (unpaired) electrons. The standard InChI is InChI=1S/C28H34BrN3O2/c1-21(33)32-19-24(26(20-32)23-5-3-2-4-6-23)18-30-14-11-28(12-15-30)13-16-31(27(28)34)17-22-7-9-25(29)10-8-22/h2-10,24,26H,11-20H2,1H3. The molecule has 2 aromatic carbocycles. The van der Waals surface area contributed by atoms with Crippen LogP contribution in [0.5, 0.6) is 0 Å². The minimum absolute atomic E-state index is 0.170. The highest BCUT2D eigenvalue weighted by Gasteiger charge is 2.48. The molecule has 2 amide bonds. The van der Waals surface area contributed by atoms with Crippen molar-refractivity contribution < 1.29 is 9.59 Å². The number of carbonyl (C=O) groups excluding carboxylic acids is 2. The lowest BCUT2D eigenvalue weighted by Crippen LogP contribution is -2.46. The van der Waals surface area contributed by atoms with Gasteiger partial charge in [0.2, 0.25) is 11.8 Å². The van der Waals surface area contributed by atoms with Crippen LogP contribution in [0.2, 0.25) is 0 Å². The third-order valence-corrected chi connectivity index (χ3v) is 8.84. The summed E-state index contributed by atoms with van der Waals surface area (Å²) < 4.78 is 1.07. The van der Waals surface area contributed by atoms with Crippen LogP contribution in [0.15, 0.2) is 59.1 Å². The summed E-state index contributed by atoms with van der Waals surface area (Å²) in [6, 6.07) is 18.9. The van der Waals surface area contributed by atoms with Crippen LogP contribution in [0.4, 0.5) is 0 Å². The molecule has 3 aliphatic rings. The summed E-state index contributed by atoms with van der Waals surface area (Å²) in [7, 11) is 0. The fraction of sp³-hybridized carbons (Fsp3) is 0.500. The largest absolute Gasteiger partial charge is 0.342 e. The number of rotatable bonds is 5. The van der Waals surface area contributed by atoms with Gasteiger partial charge in [0.05, 0.1) is 5.41 Å². The van der Waals surface area contributed by atoms with Gasteiger partial charge in [-0.05, 0) is 61.5 Å². The Morgan fingerprint density at radius 3 is 2.32 bits per heavy atom. The lowest BCUT2D eigenvalue weighted by Gasteiger charge is -2.39. The van der Waals surface area contributed by atoms with E-state index in [9.17, 15) is 9.59 Å². The van der Waals surface area contributed by atoms with Gasteiger partial charge in [-0.3, -0.25) is 9.59 Å². The Morgan fingerprint density at radius 1 is 0.971 bits per heavy atom. The molecule has 34 heavy (non-hydrogen) atoms. The Bertz CT molecular complexity index is 1020. The first-order chi connectivity index (χ1) is 16.4. The third kappa shape index (κ3) is 4.80. The van der Waals surface area contributed by atoms with E-state index in [1.54, 1.807) is 6.92 Å². The topological polar surface area (TPSA) is 43.9 Å². The Labute approximate surface area is 211 Å². The Hall–Kier alpha value is -2.18. The van der Waals surface area contributed by atoms with Crippen molar-refractivity contribution in [1.29, 1.82) is 0 Å². The van der Waals surface area contributed by atoms with Gasteiger partial charge in [-0.1, -0.05) is 58.4 Å². The van der Waals surface area contributed by atoms with E-state index in [4.69, 9.17) is 0 Å². The first-order valence-electron chi connectivity index (χ1n) is 12.5. The van der Waals surface area contributed by atoms with Crippen molar-refractivity contribution in [2.24, 2.45) is 11.3 Å². The Kier molecular flexibility index (Phi) is 6.81. The fourth-order valence-electron chi connectivity index (χ4n) is 6.20. The molecule has 0 saturated carbocycles. The molecular formula is C28H34BrN3O2. The number of piperidine rings is 1. The van der Waals surface area contributed by atoms with Gasteiger partial charge in [-0.2, -0.15) is 0 Å². The summed E-state index contributed by atoms with van der Waals surface area (Å²) in [4.78, 5) is 32.1. The van der Waals surface area contributed by atoms with Crippen molar-refractivity contribution in [3.63, 3.8) is 0 Å². The summed E-state index contributed by atoms with van der Waals surface area (Å²) in [6.45, 7) is 7.82. The monoisotopic (exact) mass is 523 g/mol. The third-order valence-electron chi connectivity index (χ3n) is 8.31. The van der Waals surface area contributed by atoms with E-state index in [1.165, 1.54) is 11.1 Å². The van der Waals surface area contributed by atoms with E-state index < -0.39 is 0 Å². The molecule has 180 valence electrons. The van der Waals surface area contributed by atoms with Crippen molar-refractivity contribution in [2.75, 3.05) is 39.3 Å². The van der Waals surface area contributed by atoms with Gasteiger partial charge in [0, 0.05) is 50.0 Å². The molecule has 5 rings (SSSR count). The van der Waals surface area contributed by atoms with Crippen LogP contribution in [0.1, 0.15) is 43.2 Å². The van der Waals surface area contributed by atoms with Crippen LogP contribution < -0.4 is 0 Å². The predicted octanol–water partition coefficient (Wildman–Crippen LogP) is 4.53. The first-order valence-corrected chi connectivity index (χ1v) is 13.3. The average molecular weight is 525 g/mol. The summed E-state index contributed by atoms with van der Waals surface area (Å²) in [5.74, 6) is 1.34. The molecule has 6 heteroatoms. The van der Waals surface area contributed by atoms with Crippen molar-refractivity contribution in [3.05, 3.63) is 70.2 Å². The number of likely N-dealkylation sites (tertiary alicyclic amines) is 3. The number of carbonyl (C=O) groups is 2. The minimum Gasteiger partial charge on any atom is -0.342 e. The van der Waals surface area contributed by atoms with E-state index >= 15 is 0 Å². The molecule has 2 aromatic rings. The lowest BCUT2D eigenvalue weighted by molar-refractivity contribution is -0.139. The van der Waals surface area contributed by atoms with Crippen molar-refractivity contribution in [3.8, 4) is 0 Å². The highest BCUT2D eigenvalue weighted by Crippen LogP contribution is 2.43. The van der Waals surface area contributed by atoms with Gasteiger partial charge < -0.3 is 14.7 Å². The molecule has 3 aliphatic heterocycles. The maximum absolute atomic E-state index is 13.4. The Morgan fingerprint density at radius 2 is 1.65 bits per heavy atom. The van der Waals surface area contributed by atoms with Gasteiger partial charge in [0.25, 0.3) is 0 Å². The van der Waals surface area contributed by atoms with Gasteiger partial charge in [0.15, 0.2) is 0 Å². The smallest absolute Gasteiger partial charge is 0.229 e. The van der Waals surface area contributed by atoms with Crippen molar-refractivity contribution >= 4 is 27.7 Å². The zero-order valence-electron chi connectivity index (χ0n) is 20.0. The van der Waals surface area contributed by atoms with Crippen LogP contribution >= 0.6 is 15.9 Å². The predicted molar refractivity (Wildman–Crippen MR) is 137 cm³/mol. The van der Waals surface area contributed by atoms with Crippen LogP contribution in [-0.2, 0) is 16.1 Å². The molecule has 1 spiro atoms. The first kappa shape index (κ1) is 23.6. The highest BCUT2D eigenvalue weighted by atomic mass is 79.9. The van der Waals surface area contributed by atoms with E-state index in [0.717, 1.165) is 63.0 Å². The van der Waals surface area contributed by atoms with E-state index in [1.807, 2.05) is 17.0 Å². The van der Waals surface area contributed by atoms with Crippen molar-refractivity contribution in [2.45, 2.75) is 38.6 Å². The molecule has 3 heterocycles. The van der Waals surface area contributed by atoms with E-state index in [2.05, 4.69) is 68.2 Å². The van der Waals surface area contributed by atoms with Gasteiger partial charge >= 0.3 is 0 Å². The number of nitrogens with zero attached hydrogens (tertiary/aromatic N) is 3. The molecular weight excluding hydrogens is 490 g/mol. The van der Waals surface area contributed by atoms with E-state index in [0.29, 0.717) is 24.3 Å². The molecule has 0 aliphatic carbocycles. The molecule has 5 nitrogen and oxygen atoms in total. The number of benzene rings is 2. The summed E-state index contributed by atoms with van der Waals surface area (Å²) in [6.07, 6.45) is 2.87. The second-order valence-corrected chi connectivity index (χ2v) is 11.3. The van der Waals surface area contributed by atoms with Gasteiger partial charge in [-0.15, -0.1) is 0 Å². The highest BCUT2D eigenvalue weighted by molar-refractivity contribution is 9.10. The van der Waals surface area contributed by atoms with Gasteiger partial charge in [-0.25, -0.2) is 0 Å². The van der Waals surface area contributed by atoms with Crippen molar-refractivity contribution in [1.82, 2.24) is 14.7 Å². The van der Waals surface area contributed by atoms with Gasteiger partial charge in [0.1, 0.15) is 0 Å². The number of hydrogen-bond acceptors (Lipinski definition) is 3. The van der Waals surface area contributed by atoms with Crippen LogP contribution in [0.3, 0.4) is 0 Å². The molecule has 0 N–H and O–H groups in total. The quantitative estimate of drug-likeness (QED) is 0.578. The number of hydrogen-bond donors (Lipinski definition) is 0. The number of amides is 2. The number of halogens is 1. The minimum atomic E-state index is -0.175. The fourth-order valence-corrected chi connectivity index (χ4v) is 6.47. The summed E-state index contributed by atoms with van der Waals surface area (Å²) in [5.41, 5.74) is 2.35. The molecule has 2 atom stereocenters. The zero-order chi connectivity index (χ0) is 23.7. The summed E-state index contributed by atoms with van der Waals surface area (Å²) >= 11 is 3.49. The molecule has 2 unspecified atom stereocenters. The normalized spacial score (nSPS) is 24.8.